The molecule has 0 spiro atoms. The second-order valence-electron chi connectivity index (χ2n) is 5.98. The Morgan fingerprint density at radius 3 is 2.78 bits per heavy atom. The molecule has 1 aliphatic rings. The smallest absolute Gasteiger partial charge is 0.240 e. The van der Waals surface area contributed by atoms with Crippen LogP contribution in [0.1, 0.15) is 32.3 Å². The SMILES string of the molecule is CCOc1cccc(CN(CCO)C(=O)C(C)N2CCCC2)c1. The van der Waals surface area contributed by atoms with E-state index in [0.29, 0.717) is 19.7 Å². The van der Waals surface area contributed by atoms with E-state index in [2.05, 4.69) is 4.90 Å². The van der Waals surface area contributed by atoms with Crippen LogP contribution in [0, 0.1) is 0 Å². The van der Waals surface area contributed by atoms with Gasteiger partial charge < -0.3 is 14.7 Å². The van der Waals surface area contributed by atoms with Crippen molar-refractivity contribution >= 4 is 5.91 Å². The van der Waals surface area contributed by atoms with Crippen LogP contribution in [0.5, 0.6) is 5.75 Å². The average molecular weight is 320 g/mol. The number of carbonyl (C=O) groups is 1. The topological polar surface area (TPSA) is 53.0 Å². The first-order valence-corrected chi connectivity index (χ1v) is 8.51. The van der Waals surface area contributed by atoms with E-state index in [1.54, 1.807) is 4.90 Å². The maximum atomic E-state index is 12.8. The molecule has 1 N–H and O–H groups in total. The number of aliphatic hydroxyl groups excluding tert-OH is 1. The fourth-order valence-electron chi connectivity index (χ4n) is 3.06. The summed E-state index contributed by atoms with van der Waals surface area (Å²) in [5.41, 5.74) is 1.02. The van der Waals surface area contributed by atoms with Gasteiger partial charge in [-0.3, -0.25) is 9.69 Å². The standard InChI is InChI=1S/C18H28N2O3/c1-3-23-17-8-6-7-16(13-17)14-20(11-12-21)18(22)15(2)19-9-4-5-10-19/h6-8,13,15,21H,3-5,9-12,14H2,1-2H3. The Balaban J connectivity index is 2.05. The molecule has 2 rings (SSSR count). The molecule has 1 saturated heterocycles. The van der Waals surface area contributed by atoms with Gasteiger partial charge in [0.2, 0.25) is 5.91 Å². The Bertz CT molecular complexity index is 501. The summed E-state index contributed by atoms with van der Waals surface area (Å²) < 4.78 is 5.52. The van der Waals surface area contributed by atoms with Crippen molar-refractivity contribution in [3.05, 3.63) is 29.8 Å². The molecule has 1 heterocycles. The third kappa shape index (κ3) is 4.94. The maximum Gasteiger partial charge on any atom is 0.240 e. The lowest BCUT2D eigenvalue weighted by molar-refractivity contribution is -0.137. The van der Waals surface area contributed by atoms with Crippen molar-refractivity contribution in [1.82, 2.24) is 9.80 Å². The van der Waals surface area contributed by atoms with Gasteiger partial charge in [-0.2, -0.15) is 0 Å². The number of ether oxygens (including phenoxy) is 1. The van der Waals surface area contributed by atoms with E-state index in [-0.39, 0.29) is 18.6 Å². The molecule has 1 atom stereocenters. The summed E-state index contributed by atoms with van der Waals surface area (Å²) >= 11 is 0. The number of rotatable bonds is 8. The predicted molar refractivity (Wildman–Crippen MR) is 90.4 cm³/mol. The molecule has 1 aromatic carbocycles. The van der Waals surface area contributed by atoms with Gasteiger partial charge in [0.05, 0.1) is 19.3 Å². The van der Waals surface area contributed by atoms with Crippen molar-refractivity contribution in [1.29, 1.82) is 0 Å². The number of nitrogens with zero attached hydrogens (tertiary/aromatic N) is 2. The van der Waals surface area contributed by atoms with Gasteiger partial charge in [-0.1, -0.05) is 12.1 Å². The molecular formula is C18H28N2O3. The van der Waals surface area contributed by atoms with E-state index >= 15 is 0 Å². The van der Waals surface area contributed by atoms with Gasteiger partial charge in [-0.25, -0.2) is 0 Å². The summed E-state index contributed by atoms with van der Waals surface area (Å²) in [6, 6.07) is 7.67. The summed E-state index contributed by atoms with van der Waals surface area (Å²) in [7, 11) is 0. The van der Waals surface area contributed by atoms with Crippen molar-refractivity contribution in [3.63, 3.8) is 0 Å². The van der Waals surface area contributed by atoms with Gasteiger partial charge >= 0.3 is 0 Å². The highest BCUT2D eigenvalue weighted by atomic mass is 16.5. The number of hydrogen-bond acceptors (Lipinski definition) is 4. The van der Waals surface area contributed by atoms with Crippen molar-refractivity contribution in [2.45, 2.75) is 39.3 Å². The normalized spacial score (nSPS) is 16.3. The van der Waals surface area contributed by atoms with Gasteiger partial charge in [0, 0.05) is 13.1 Å². The summed E-state index contributed by atoms with van der Waals surface area (Å²) in [5, 5.41) is 9.32. The van der Waals surface area contributed by atoms with Crippen molar-refractivity contribution in [2.75, 3.05) is 32.8 Å². The van der Waals surface area contributed by atoms with Crippen LogP contribution in [0.4, 0.5) is 0 Å². The molecule has 23 heavy (non-hydrogen) atoms. The Morgan fingerprint density at radius 2 is 2.13 bits per heavy atom. The summed E-state index contributed by atoms with van der Waals surface area (Å²) in [5.74, 6) is 0.900. The Kier molecular flexibility index (Phi) is 6.86. The number of benzene rings is 1. The van der Waals surface area contributed by atoms with Crippen LogP contribution in [0.2, 0.25) is 0 Å². The second kappa shape index (κ2) is 8.89. The van der Waals surface area contributed by atoms with Crippen LogP contribution in [0.15, 0.2) is 24.3 Å². The maximum absolute atomic E-state index is 12.8. The first kappa shape index (κ1) is 17.8. The number of aliphatic hydroxyl groups is 1. The van der Waals surface area contributed by atoms with E-state index in [0.717, 1.165) is 37.2 Å². The van der Waals surface area contributed by atoms with E-state index in [4.69, 9.17) is 4.74 Å². The average Bonchev–Trinajstić information content (AvgIpc) is 3.08. The summed E-state index contributed by atoms with van der Waals surface area (Å²) in [4.78, 5) is 16.7. The van der Waals surface area contributed by atoms with E-state index in [9.17, 15) is 9.90 Å². The Morgan fingerprint density at radius 1 is 1.39 bits per heavy atom. The first-order chi connectivity index (χ1) is 11.2. The summed E-state index contributed by atoms with van der Waals surface area (Å²) in [6.45, 7) is 7.34. The number of carbonyl (C=O) groups excluding carboxylic acids is 1. The van der Waals surface area contributed by atoms with Crippen molar-refractivity contribution in [3.8, 4) is 5.75 Å². The van der Waals surface area contributed by atoms with Crippen molar-refractivity contribution < 1.29 is 14.6 Å². The van der Waals surface area contributed by atoms with E-state index in [1.807, 2.05) is 38.1 Å². The molecule has 5 heteroatoms. The lowest BCUT2D eigenvalue weighted by atomic mass is 10.1. The molecule has 1 fully saturated rings. The third-order valence-electron chi connectivity index (χ3n) is 4.31. The van der Waals surface area contributed by atoms with E-state index < -0.39 is 0 Å². The largest absolute Gasteiger partial charge is 0.494 e. The highest BCUT2D eigenvalue weighted by molar-refractivity contribution is 5.81. The molecule has 1 aromatic rings. The molecular weight excluding hydrogens is 292 g/mol. The molecule has 0 bridgehead atoms. The fourth-order valence-corrected chi connectivity index (χ4v) is 3.06. The Labute approximate surface area is 138 Å². The quantitative estimate of drug-likeness (QED) is 0.795. The Hall–Kier alpha value is -1.59. The second-order valence-corrected chi connectivity index (χ2v) is 5.98. The third-order valence-corrected chi connectivity index (χ3v) is 4.31. The van der Waals surface area contributed by atoms with Gasteiger partial charge in [0.15, 0.2) is 0 Å². The molecule has 0 radical (unpaired) electrons. The molecule has 0 aliphatic carbocycles. The van der Waals surface area contributed by atoms with Crippen molar-refractivity contribution in [2.24, 2.45) is 0 Å². The molecule has 1 aliphatic heterocycles. The molecule has 0 aromatic heterocycles. The minimum Gasteiger partial charge on any atom is -0.494 e. The minimum absolute atomic E-state index is 0.0242. The van der Waals surface area contributed by atoms with Gasteiger partial charge in [-0.05, 0) is 57.5 Å². The van der Waals surface area contributed by atoms with E-state index in [1.165, 1.54) is 0 Å². The lowest BCUT2D eigenvalue weighted by Gasteiger charge is -2.30. The van der Waals surface area contributed by atoms with Crippen LogP contribution >= 0.6 is 0 Å². The first-order valence-electron chi connectivity index (χ1n) is 8.51. The zero-order valence-corrected chi connectivity index (χ0v) is 14.2. The summed E-state index contributed by atoms with van der Waals surface area (Å²) in [6.07, 6.45) is 2.32. The number of likely N-dealkylation sites (tertiary alicyclic amines) is 1. The zero-order chi connectivity index (χ0) is 16.7. The molecule has 1 amide bonds. The van der Waals surface area contributed by atoms with Crippen LogP contribution in [0.25, 0.3) is 0 Å². The predicted octanol–water partition coefficient (Wildman–Crippen LogP) is 1.89. The molecule has 1 unspecified atom stereocenters. The lowest BCUT2D eigenvalue weighted by Crippen LogP contribution is -2.46. The highest BCUT2D eigenvalue weighted by Gasteiger charge is 2.27. The minimum atomic E-state index is -0.126. The van der Waals surface area contributed by atoms with Gasteiger partial charge in [-0.15, -0.1) is 0 Å². The van der Waals surface area contributed by atoms with Crippen LogP contribution in [-0.2, 0) is 11.3 Å². The monoisotopic (exact) mass is 320 g/mol. The molecule has 0 saturated carbocycles. The molecule has 128 valence electrons. The number of amides is 1. The van der Waals surface area contributed by atoms with Gasteiger partial charge in [0.1, 0.15) is 5.75 Å². The molecule has 5 nitrogen and oxygen atoms in total. The zero-order valence-electron chi connectivity index (χ0n) is 14.2. The fraction of sp³-hybridized carbons (Fsp3) is 0.611. The van der Waals surface area contributed by atoms with Crippen LogP contribution in [0.3, 0.4) is 0 Å². The van der Waals surface area contributed by atoms with Gasteiger partial charge in [0.25, 0.3) is 0 Å². The van der Waals surface area contributed by atoms with Crippen LogP contribution < -0.4 is 4.74 Å². The number of hydrogen-bond donors (Lipinski definition) is 1. The van der Waals surface area contributed by atoms with Crippen LogP contribution in [-0.4, -0.2) is 59.7 Å². The highest BCUT2D eigenvalue weighted by Crippen LogP contribution is 2.17.